The van der Waals surface area contributed by atoms with Crippen LogP contribution in [0.15, 0.2) is 60.9 Å². The number of carbonyl (C=O) groups is 1. The number of carbonyl (C=O) groups excluding carboxylic acids is 1. The Morgan fingerprint density at radius 3 is 2.82 bits per heavy atom. The molecule has 0 unspecified atom stereocenters. The van der Waals surface area contributed by atoms with E-state index in [9.17, 15) is 9.90 Å². The van der Waals surface area contributed by atoms with E-state index < -0.39 is 6.04 Å². The number of aliphatic hydroxyl groups excluding tert-OH is 1. The molecule has 1 aromatic carbocycles. The lowest BCUT2D eigenvalue weighted by molar-refractivity contribution is 0.0919. The number of aromatic amines is 1. The van der Waals surface area contributed by atoms with E-state index in [1.807, 2.05) is 55.6 Å². The Morgan fingerprint density at radius 1 is 1.21 bits per heavy atom. The highest BCUT2D eigenvalue weighted by molar-refractivity contribution is 7.14. The molecule has 0 spiro atoms. The number of amides is 1. The van der Waals surface area contributed by atoms with Gasteiger partial charge in [-0.15, -0.1) is 11.3 Å². The Labute approximate surface area is 167 Å². The number of benzene rings is 1. The lowest BCUT2D eigenvalue weighted by atomic mass is 10.0. The maximum Gasteiger partial charge on any atom is 0.262 e. The number of aromatic nitrogens is 2. The first-order valence-corrected chi connectivity index (χ1v) is 9.94. The number of H-pyrrole nitrogens is 1. The average Bonchev–Trinajstić information content (AvgIpc) is 3.33. The van der Waals surface area contributed by atoms with Crippen molar-refractivity contribution in [2.45, 2.75) is 19.4 Å². The molecule has 3 N–H and O–H groups in total. The Morgan fingerprint density at radius 2 is 2.04 bits per heavy atom. The zero-order valence-electron chi connectivity index (χ0n) is 15.5. The van der Waals surface area contributed by atoms with Crippen LogP contribution < -0.4 is 5.32 Å². The molecule has 4 rings (SSSR count). The van der Waals surface area contributed by atoms with E-state index in [0.29, 0.717) is 11.3 Å². The number of rotatable bonds is 6. The summed E-state index contributed by atoms with van der Waals surface area (Å²) in [5, 5.41) is 13.8. The molecule has 0 aliphatic carbocycles. The third kappa shape index (κ3) is 3.69. The molecule has 28 heavy (non-hydrogen) atoms. The molecular weight excluding hydrogens is 370 g/mol. The van der Waals surface area contributed by atoms with Gasteiger partial charge in [-0.1, -0.05) is 30.3 Å². The van der Waals surface area contributed by atoms with Gasteiger partial charge < -0.3 is 15.4 Å². The fraction of sp³-hybridized carbons (Fsp3) is 0.182. The number of hydrogen-bond donors (Lipinski definition) is 3. The van der Waals surface area contributed by atoms with E-state index in [2.05, 4.69) is 21.4 Å². The molecule has 0 saturated carbocycles. The van der Waals surface area contributed by atoms with E-state index in [1.54, 1.807) is 6.20 Å². The van der Waals surface area contributed by atoms with E-state index >= 15 is 0 Å². The smallest absolute Gasteiger partial charge is 0.262 e. The molecule has 0 fully saturated rings. The van der Waals surface area contributed by atoms with Crippen LogP contribution in [0.5, 0.6) is 0 Å². The third-order valence-corrected chi connectivity index (χ3v) is 5.85. The van der Waals surface area contributed by atoms with Crippen molar-refractivity contribution in [3.8, 4) is 0 Å². The molecule has 5 nitrogen and oxygen atoms in total. The van der Waals surface area contributed by atoms with Crippen molar-refractivity contribution in [3.05, 3.63) is 87.4 Å². The fourth-order valence-corrected chi connectivity index (χ4v) is 4.35. The molecule has 3 heterocycles. The maximum absolute atomic E-state index is 13.0. The van der Waals surface area contributed by atoms with Gasteiger partial charge in [-0.25, -0.2) is 4.98 Å². The molecule has 1 amide bonds. The zero-order chi connectivity index (χ0) is 19.5. The Bertz CT molecular complexity index is 1100. The summed E-state index contributed by atoms with van der Waals surface area (Å²) in [5.74, 6) is -0.157. The first-order chi connectivity index (χ1) is 13.7. The zero-order valence-corrected chi connectivity index (χ0v) is 16.3. The normalized spacial score (nSPS) is 12.2. The predicted octanol–water partition coefficient (Wildman–Crippen LogP) is 3.99. The van der Waals surface area contributed by atoms with Gasteiger partial charge in [0.05, 0.1) is 17.5 Å². The van der Waals surface area contributed by atoms with Gasteiger partial charge in [-0.3, -0.25) is 4.79 Å². The molecule has 6 heteroatoms. The summed E-state index contributed by atoms with van der Waals surface area (Å²) >= 11 is 1.48. The van der Waals surface area contributed by atoms with Crippen molar-refractivity contribution >= 4 is 28.3 Å². The largest absolute Gasteiger partial charge is 0.394 e. The third-order valence-electron chi connectivity index (χ3n) is 4.76. The second kappa shape index (κ2) is 7.96. The van der Waals surface area contributed by atoms with Crippen molar-refractivity contribution in [2.24, 2.45) is 0 Å². The van der Waals surface area contributed by atoms with E-state index in [4.69, 9.17) is 0 Å². The first kappa shape index (κ1) is 18.4. The number of aliphatic hydroxyl groups is 1. The first-order valence-electron chi connectivity index (χ1n) is 9.12. The van der Waals surface area contributed by atoms with Crippen LogP contribution in [0, 0.1) is 6.92 Å². The molecule has 0 aliphatic heterocycles. The van der Waals surface area contributed by atoms with E-state index in [1.165, 1.54) is 11.3 Å². The van der Waals surface area contributed by atoms with Gasteiger partial charge in [0, 0.05) is 22.7 Å². The molecular formula is C22H21N3O2S. The fourth-order valence-electron chi connectivity index (χ4n) is 3.41. The van der Waals surface area contributed by atoms with Crippen molar-refractivity contribution in [2.75, 3.05) is 6.61 Å². The lowest BCUT2D eigenvalue weighted by Crippen LogP contribution is -2.30. The SMILES string of the molecule is Cc1cc(Cc2ccnc3[nH]ccc23)c(C(=O)N[C@H](CO)c2ccccc2)s1. The molecule has 142 valence electrons. The van der Waals surface area contributed by atoms with Crippen LogP contribution in [0.2, 0.25) is 0 Å². The van der Waals surface area contributed by atoms with Crippen molar-refractivity contribution < 1.29 is 9.90 Å². The summed E-state index contributed by atoms with van der Waals surface area (Å²) in [6, 6.07) is 15.2. The van der Waals surface area contributed by atoms with Gasteiger partial charge in [-0.05, 0) is 48.2 Å². The highest BCUT2D eigenvalue weighted by Crippen LogP contribution is 2.27. The van der Waals surface area contributed by atoms with Crippen LogP contribution >= 0.6 is 11.3 Å². The van der Waals surface area contributed by atoms with Gasteiger partial charge >= 0.3 is 0 Å². The highest BCUT2D eigenvalue weighted by Gasteiger charge is 2.20. The lowest BCUT2D eigenvalue weighted by Gasteiger charge is -2.17. The summed E-state index contributed by atoms with van der Waals surface area (Å²) < 4.78 is 0. The van der Waals surface area contributed by atoms with E-state index in [0.717, 1.165) is 32.6 Å². The van der Waals surface area contributed by atoms with Gasteiger partial charge in [0.25, 0.3) is 5.91 Å². The monoisotopic (exact) mass is 391 g/mol. The molecule has 0 radical (unpaired) electrons. The van der Waals surface area contributed by atoms with Crippen molar-refractivity contribution in [1.82, 2.24) is 15.3 Å². The summed E-state index contributed by atoms with van der Waals surface area (Å²) in [4.78, 5) is 22.2. The standard InChI is InChI=1S/C22H21N3O2S/c1-14-11-17(12-16-7-9-23-21-18(16)8-10-24-21)20(28-14)22(27)25-19(13-26)15-5-3-2-4-6-15/h2-11,19,26H,12-13H2,1H3,(H,23,24)(H,25,27)/t19-/m1/s1. The molecule has 3 aromatic heterocycles. The summed E-state index contributed by atoms with van der Waals surface area (Å²) in [6.07, 6.45) is 4.31. The quantitative estimate of drug-likeness (QED) is 0.465. The van der Waals surface area contributed by atoms with Crippen LogP contribution in [0.4, 0.5) is 0 Å². The number of nitrogens with one attached hydrogen (secondary N) is 2. The minimum absolute atomic E-state index is 0.149. The number of aryl methyl sites for hydroxylation is 1. The number of thiophene rings is 1. The van der Waals surface area contributed by atoms with Crippen LogP contribution in [0.1, 0.15) is 37.3 Å². The number of pyridine rings is 1. The Kier molecular flexibility index (Phi) is 5.23. The summed E-state index contributed by atoms with van der Waals surface area (Å²) in [7, 11) is 0. The van der Waals surface area contributed by atoms with Gasteiger partial charge in [0.15, 0.2) is 0 Å². The highest BCUT2D eigenvalue weighted by atomic mass is 32.1. The molecule has 0 saturated heterocycles. The van der Waals surface area contributed by atoms with Gasteiger partial charge in [-0.2, -0.15) is 0 Å². The van der Waals surface area contributed by atoms with E-state index in [-0.39, 0.29) is 12.5 Å². The van der Waals surface area contributed by atoms with Crippen molar-refractivity contribution in [3.63, 3.8) is 0 Å². The second-order valence-electron chi connectivity index (χ2n) is 6.72. The average molecular weight is 391 g/mol. The van der Waals surface area contributed by atoms with Crippen LogP contribution in [0.3, 0.4) is 0 Å². The number of hydrogen-bond acceptors (Lipinski definition) is 4. The molecule has 1 atom stereocenters. The molecule has 0 aliphatic rings. The van der Waals surface area contributed by atoms with Crippen LogP contribution in [0.25, 0.3) is 11.0 Å². The van der Waals surface area contributed by atoms with Crippen molar-refractivity contribution in [1.29, 1.82) is 0 Å². The minimum atomic E-state index is -0.429. The molecule has 4 aromatic rings. The summed E-state index contributed by atoms with van der Waals surface area (Å²) in [5.41, 5.74) is 3.84. The van der Waals surface area contributed by atoms with Crippen LogP contribution in [-0.2, 0) is 6.42 Å². The topological polar surface area (TPSA) is 78.0 Å². The number of nitrogens with zero attached hydrogens (tertiary/aromatic N) is 1. The minimum Gasteiger partial charge on any atom is -0.394 e. The summed E-state index contributed by atoms with van der Waals surface area (Å²) in [6.45, 7) is 1.86. The predicted molar refractivity (Wildman–Crippen MR) is 112 cm³/mol. The Balaban J connectivity index is 1.60. The van der Waals surface area contributed by atoms with Crippen LogP contribution in [-0.4, -0.2) is 27.6 Å². The maximum atomic E-state index is 13.0. The van der Waals surface area contributed by atoms with Gasteiger partial charge in [0.2, 0.25) is 0 Å². The second-order valence-corrected chi connectivity index (χ2v) is 7.97. The van der Waals surface area contributed by atoms with Gasteiger partial charge in [0.1, 0.15) is 5.65 Å². The molecule has 0 bridgehead atoms. The Hall–Kier alpha value is -2.96. The number of fused-ring (bicyclic) bond motifs is 1.